The van der Waals surface area contributed by atoms with Gasteiger partial charge >= 0.3 is 0 Å². The quantitative estimate of drug-likeness (QED) is 0.881. The number of carbonyl (C=O) groups is 1. The molecule has 0 aliphatic heterocycles. The zero-order valence-corrected chi connectivity index (χ0v) is 10.1. The highest BCUT2D eigenvalue weighted by Gasteiger charge is 2.45. The predicted octanol–water partition coefficient (Wildman–Crippen LogP) is 1.60. The maximum absolute atomic E-state index is 11.9. The standard InChI is InChI=1S/C11H10ClN5O/c12-9-4-2-1-3-6(9)7-5-8(7)10(18)13-11-14-16-17-15-11/h1-4,7-8H,5H2,(H2,13,14,15,16,17,18)/t7-,8+/m0/s1. The predicted molar refractivity (Wildman–Crippen MR) is 65.1 cm³/mol. The molecule has 0 saturated heterocycles. The van der Waals surface area contributed by atoms with Gasteiger partial charge in [-0.15, -0.1) is 5.10 Å². The van der Waals surface area contributed by atoms with E-state index in [9.17, 15) is 4.79 Å². The lowest BCUT2D eigenvalue weighted by atomic mass is 10.1. The van der Waals surface area contributed by atoms with Gasteiger partial charge in [-0.05, 0) is 29.2 Å². The van der Waals surface area contributed by atoms with Crippen molar-refractivity contribution in [3.05, 3.63) is 34.9 Å². The maximum atomic E-state index is 11.9. The molecule has 0 spiro atoms. The van der Waals surface area contributed by atoms with Crippen molar-refractivity contribution < 1.29 is 4.79 Å². The van der Waals surface area contributed by atoms with Crippen LogP contribution in [-0.4, -0.2) is 26.5 Å². The first kappa shape index (κ1) is 11.2. The molecule has 0 bridgehead atoms. The van der Waals surface area contributed by atoms with Crippen molar-refractivity contribution >= 4 is 23.5 Å². The Morgan fingerprint density at radius 1 is 1.44 bits per heavy atom. The first-order valence-corrected chi connectivity index (χ1v) is 5.92. The number of rotatable bonds is 3. The van der Waals surface area contributed by atoms with Gasteiger partial charge in [0.05, 0.1) is 0 Å². The molecule has 0 radical (unpaired) electrons. The molecule has 1 aromatic carbocycles. The van der Waals surface area contributed by atoms with Crippen molar-refractivity contribution in [2.24, 2.45) is 5.92 Å². The average molecular weight is 264 g/mol. The second kappa shape index (κ2) is 4.38. The molecule has 2 N–H and O–H groups in total. The van der Waals surface area contributed by atoms with Crippen molar-refractivity contribution in [2.75, 3.05) is 5.32 Å². The summed E-state index contributed by atoms with van der Waals surface area (Å²) in [5, 5.41) is 16.3. The number of nitrogens with zero attached hydrogens (tertiary/aromatic N) is 3. The van der Waals surface area contributed by atoms with Crippen molar-refractivity contribution in [3.8, 4) is 0 Å². The van der Waals surface area contributed by atoms with E-state index in [0.29, 0.717) is 5.02 Å². The van der Waals surface area contributed by atoms with E-state index in [1.165, 1.54) is 0 Å². The molecule has 0 unspecified atom stereocenters. The van der Waals surface area contributed by atoms with E-state index in [2.05, 4.69) is 25.9 Å². The SMILES string of the molecule is O=C(Nc1nn[nH]n1)[C@@H]1C[C@H]1c1ccccc1Cl. The third kappa shape index (κ3) is 2.06. The number of hydrogen-bond donors (Lipinski definition) is 2. The molecule has 92 valence electrons. The molecule has 1 aliphatic rings. The Balaban J connectivity index is 1.67. The molecule has 1 aliphatic carbocycles. The first-order valence-electron chi connectivity index (χ1n) is 5.54. The number of tetrazole rings is 1. The van der Waals surface area contributed by atoms with Gasteiger partial charge in [0, 0.05) is 10.9 Å². The molecule has 3 rings (SSSR count). The summed E-state index contributed by atoms with van der Waals surface area (Å²) >= 11 is 6.10. The Hall–Kier alpha value is -1.95. The van der Waals surface area contributed by atoms with Gasteiger partial charge in [0.15, 0.2) is 0 Å². The summed E-state index contributed by atoms with van der Waals surface area (Å²) < 4.78 is 0. The number of amides is 1. The van der Waals surface area contributed by atoms with Gasteiger partial charge in [-0.1, -0.05) is 34.9 Å². The average Bonchev–Trinajstić information content (AvgIpc) is 3.00. The molecule has 2 aromatic rings. The molecule has 18 heavy (non-hydrogen) atoms. The third-order valence-corrected chi connectivity index (χ3v) is 3.36. The molecule has 1 fully saturated rings. The number of nitrogens with one attached hydrogen (secondary N) is 2. The fourth-order valence-corrected chi connectivity index (χ4v) is 2.30. The van der Waals surface area contributed by atoms with Crippen LogP contribution in [0.1, 0.15) is 17.9 Å². The van der Waals surface area contributed by atoms with Crippen LogP contribution in [0.15, 0.2) is 24.3 Å². The molecular formula is C11H10ClN5O. The number of aromatic amines is 1. The summed E-state index contributed by atoms with van der Waals surface area (Å²) in [5.41, 5.74) is 1.02. The van der Waals surface area contributed by atoms with Crippen LogP contribution in [0.25, 0.3) is 0 Å². The lowest BCUT2D eigenvalue weighted by Gasteiger charge is -2.02. The maximum Gasteiger partial charge on any atom is 0.269 e. The highest BCUT2D eigenvalue weighted by molar-refractivity contribution is 6.31. The minimum atomic E-state index is -0.0960. The van der Waals surface area contributed by atoms with Crippen LogP contribution in [0, 0.1) is 5.92 Å². The number of hydrogen-bond acceptors (Lipinski definition) is 4. The van der Waals surface area contributed by atoms with E-state index in [-0.39, 0.29) is 23.7 Å². The molecule has 1 amide bonds. The van der Waals surface area contributed by atoms with Crippen LogP contribution in [0.4, 0.5) is 5.95 Å². The Morgan fingerprint density at radius 3 is 3.00 bits per heavy atom. The van der Waals surface area contributed by atoms with E-state index in [4.69, 9.17) is 11.6 Å². The first-order chi connectivity index (χ1) is 8.75. The number of halogens is 1. The summed E-state index contributed by atoms with van der Waals surface area (Å²) in [7, 11) is 0. The van der Waals surface area contributed by atoms with Crippen molar-refractivity contribution in [1.82, 2.24) is 20.6 Å². The van der Waals surface area contributed by atoms with E-state index < -0.39 is 0 Å². The summed E-state index contributed by atoms with van der Waals surface area (Å²) in [5.74, 6) is 0.222. The van der Waals surface area contributed by atoms with E-state index in [1.807, 2.05) is 24.3 Å². The van der Waals surface area contributed by atoms with Crippen molar-refractivity contribution in [3.63, 3.8) is 0 Å². The Labute approximate surface area is 108 Å². The van der Waals surface area contributed by atoms with Crippen molar-refractivity contribution in [1.29, 1.82) is 0 Å². The van der Waals surface area contributed by atoms with E-state index >= 15 is 0 Å². The number of benzene rings is 1. The van der Waals surface area contributed by atoms with Gasteiger partial charge in [0.1, 0.15) is 0 Å². The monoisotopic (exact) mass is 263 g/mol. The third-order valence-electron chi connectivity index (χ3n) is 3.01. The highest BCUT2D eigenvalue weighted by Crippen LogP contribution is 2.49. The Morgan fingerprint density at radius 2 is 2.28 bits per heavy atom. The van der Waals surface area contributed by atoms with Crippen LogP contribution in [0.2, 0.25) is 5.02 Å². The number of carbonyl (C=O) groups excluding carboxylic acids is 1. The molecule has 1 saturated carbocycles. The van der Waals surface area contributed by atoms with Gasteiger partial charge < -0.3 is 0 Å². The molecule has 6 nitrogen and oxygen atoms in total. The smallest absolute Gasteiger partial charge is 0.269 e. The number of anilines is 1. The summed E-state index contributed by atoms with van der Waals surface area (Å²) in [6.07, 6.45) is 0.799. The highest BCUT2D eigenvalue weighted by atomic mass is 35.5. The van der Waals surface area contributed by atoms with Crippen LogP contribution in [0.5, 0.6) is 0 Å². The molecule has 1 aromatic heterocycles. The van der Waals surface area contributed by atoms with Gasteiger partial charge in [0.25, 0.3) is 5.95 Å². The largest absolute Gasteiger partial charge is 0.292 e. The van der Waals surface area contributed by atoms with Crippen LogP contribution < -0.4 is 5.32 Å². The second-order valence-corrected chi connectivity index (χ2v) is 4.60. The zero-order valence-electron chi connectivity index (χ0n) is 9.30. The normalized spacial score (nSPS) is 21.6. The van der Waals surface area contributed by atoms with Crippen LogP contribution >= 0.6 is 11.6 Å². The number of aromatic nitrogens is 4. The number of H-pyrrole nitrogens is 1. The van der Waals surface area contributed by atoms with Crippen molar-refractivity contribution in [2.45, 2.75) is 12.3 Å². The second-order valence-electron chi connectivity index (χ2n) is 4.19. The van der Waals surface area contributed by atoms with Gasteiger partial charge in [-0.3, -0.25) is 10.1 Å². The van der Waals surface area contributed by atoms with E-state index in [0.717, 1.165) is 12.0 Å². The van der Waals surface area contributed by atoms with Crippen LogP contribution in [0.3, 0.4) is 0 Å². The molecule has 7 heteroatoms. The van der Waals surface area contributed by atoms with Gasteiger partial charge in [0.2, 0.25) is 5.91 Å². The van der Waals surface area contributed by atoms with Crippen LogP contribution in [-0.2, 0) is 4.79 Å². The summed E-state index contributed by atoms with van der Waals surface area (Å²) in [4.78, 5) is 11.9. The zero-order chi connectivity index (χ0) is 12.5. The minimum Gasteiger partial charge on any atom is -0.292 e. The summed E-state index contributed by atoms with van der Waals surface area (Å²) in [6, 6.07) is 7.59. The lowest BCUT2D eigenvalue weighted by molar-refractivity contribution is -0.117. The van der Waals surface area contributed by atoms with Gasteiger partial charge in [-0.2, -0.15) is 5.21 Å². The molecular weight excluding hydrogens is 254 g/mol. The topological polar surface area (TPSA) is 83.6 Å². The fourth-order valence-electron chi connectivity index (χ4n) is 2.02. The van der Waals surface area contributed by atoms with E-state index in [1.54, 1.807) is 0 Å². The Bertz CT molecular complexity index is 571. The summed E-state index contributed by atoms with van der Waals surface area (Å²) in [6.45, 7) is 0. The molecule has 1 heterocycles. The molecule has 2 atom stereocenters. The Kier molecular flexibility index (Phi) is 2.71. The minimum absolute atomic E-state index is 0.0663. The lowest BCUT2D eigenvalue weighted by Crippen LogP contribution is -2.15. The van der Waals surface area contributed by atoms with Gasteiger partial charge in [-0.25, -0.2) is 0 Å². The fraction of sp³-hybridized carbons (Fsp3) is 0.273.